The number of thiazole rings is 1. The van der Waals surface area contributed by atoms with Crippen LogP contribution < -0.4 is 5.32 Å². The SMILES string of the molecule is Cn1cc(C2CC2C(=O)Nc2nc3c(s2)CCC3)cn1. The average Bonchev–Trinajstić information content (AvgIpc) is 2.70. The third-order valence-corrected chi connectivity index (χ3v) is 5.18. The molecule has 1 saturated carbocycles. The molecule has 2 aliphatic carbocycles. The van der Waals surface area contributed by atoms with Crippen LogP contribution in [0.4, 0.5) is 5.13 Å². The number of hydrogen-bond acceptors (Lipinski definition) is 4. The van der Waals surface area contributed by atoms with Crippen molar-refractivity contribution >= 4 is 22.4 Å². The molecule has 2 aromatic heterocycles. The largest absolute Gasteiger partial charge is 0.302 e. The number of nitrogens with one attached hydrogen (secondary N) is 1. The van der Waals surface area contributed by atoms with Gasteiger partial charge in [0.25, 0.3) is 0 Å². The molecule has 104 valence electrons. The maximum absolute atomic E-state index is 12.2. The van der Waals surface area contributed by atoms with E-state index in [4.69, 9.17) is 0 Å². The van der Waals surface area contributed by atoms with E-state index in [1.54, 1.807) is 16.0 Å². The molecule has 1 N–H and O–H groups in total. The van der Waals surface area contributed by atoms with Gasteiger partial charge in [-0.05, 0) is 37.2 Å². The summed E-state index contributed by atoms with van der Waals surface area (Å²) >= 11 is 1.64. The van der Waals surface area contributed by atoms with Crippen LogP contribution in [-0.2, 0) is 24.7 Å². The number of aryl methyl sites for hydroxylation is 3. The molecule has 0 aliphatic heterocycles. The van der Waals surface area contributed by atoms with Crippen LogP contribution >= 0.6 is 11.3 Å². The molecule has 0 bridgehead atoms. The summed E-state index contributed by atoms with van der Waals surface area (Å²) in [5, 5.41) is 7.92. The molecule has 2 heterocycles. The predicted octanol–water partition coefficient (Wildman–Crippen LogP) is 2.11. The molecule has 2 atom stereocenters. The molecular weight excluding hydrogens is 272 g/mol. The smallest absolute Gasteiger partial charge is 0.229 e. The number of rotatable bonds is 3. The van der Waals surface area contributed by atoms with E-state index in [0.717, 1.165) is 30.0 Å². The normalized spacial score (nSPS) is 23.6. The van der Waals surface area contributed by atoms with Gasteiger partial charge in [-0.2, -0.15) is 5.10 Å². The maximum atomic E-state index is 12.2. The lowest BCUT2D eigenvalue weighted by Gasteiger charge is -2.00. The van der Waals surface area contributed by atoms with Crippen molar-refractivity contribution in [2.75, 3.05) is 5.32 Å². The van der Waals surface area contributed by atoms with Crippen LogP contribution in [-0.4, -0.2) is 20.7 Å². The minimum absolute atomic E-state index is 0.0814. The van der Waals surface area contributed by atoms with Gasteiger partial charge in [-0.1, -0.05) is 0 Å². The van der Waals surface area contributed by atoms with Crippen molar-refractivity contribution in [3.63, 3.8) is 0 Å². The van der Waals surface area contributed by atoms with Crippen LogP contribution in [0.3, 0.4) is 0 Å². The van der Waals surface area contributed by atoms with Gasteiger partial charge in [-0.25, -0.2) is 4.98 Å². The second-order valence-corrected chi connectivity index (χ2v) is 6.71. The number of carbonyl (C=O) groups excluding carboxylic acids is 1. The van der Waals surface area contributed by atoms with Crippen molar-refractivity contribution in [2.24, 2.45) is 13.0 Å². The Kier molecular flexibility index (Phi) is 2.66. The summed E-state index contributed by atoms with van der Waals surface area (Å²) in [6.45, 7) is 0. The summed E-state index contributed by atoms with van der Waals surface area (Å²) in [5.41, 5.74) is 2.35. The lowest BCUT2D eigenvalue weighted by Crippen LogP contribution is -2.14. The molecule has 2 unspecified atom stereocenters. The second kappa shape index (κ2) is 4.41. The van der Waals surface area contributed by atoms with E-state index in [0.29, 0.717) is 5.92 Å². The Morgan fingerprint density at radius 3 is 3.15 bits per heavy atom. The van der Waals surface area contributed by atoms with E-state index >= 15 is 0 Å². The number of anilines is 1. The Bertz CT molecular complexity index is 653. The fourth-order valence-corrected chi connectivity index (χ4v) is 3.98. The van der Waals surface area contributed by atoms with Crippen LogP contribution in [0.25, 0.3) is 0 Å². The van der Waals surface area contributed by atoms with Gasteiger partial charge in [0.15, 0.2) is 5.13 Å². The molecule has 20 heavy (non-hydrogen) atoms. The van der Waals surface area contributed by atoms with Gasteiger partial charge in [0, 0.05) is 24.0 Å². The average molecular weight is 288 g/mol. The van der Waals surface area contributed by atoms with Crippen molar-refractivity contribution in [1.82, 2.24) is 14.8 Å². The van der Waals surface area contributed by atoms with Crippen LogP contribution in [0.1, 0.15) is 34.9 Å². The van der Waals surface area contributed by atoms with E-state index in [9.17, 15) is 4.79 Å². The first-order valence-electron chi connectivity index (χ1n) is 6.98. The van der Waals surface area contributed by atoms with Crippen molar-refractivity contribution < 1.29 is 4.79 Å². The van der Waals surface area contributed by atoms with Crippen molar-refractivity contribution in [3.8, 4) is 0 Å². The summed E-state index contributed by atoms with van der Waals surface area (Å²) in [7, 11) is 1.90. The number of aromatic nitrogens is 3. The number of nitrogens with zero attached hydrogens (tertiary/aromatic N) is 3. The van der Waals surface area contributed by atoms with E-state index < -0.39 is 0 Å². The van der Waals surface area contributed by atoms with Gasteiger partial charge < -0.3 is 5.32 Å². The Morgan fingerprint density at radius 1 is 1.50 bits per heavy atom. The Morgan fingerprint density at radius 2 is 2.40 bits per heavy atom. The van der Waals surface area contributed by atoms with Gasteiger partial charge >= 0.3 is 0 Å². The Hall–Kier alpha value is -1.69. The summed E-state index contributed by atoms with van der Waals surface area (Å²) in [6.07, 6.45) is 8.15. The summed E-state index contributed by atoms with van der Waals surface area (Å²) < 4.78 is 1.79. The zero-order valence-electron chi connectivity index (χ0n) is 11.3. The minimum Gasteiger partial charge on any atom is -0.302 e. The zero-order chi connectivity index (χ0) is 13.7. The van der Waals surface area contributed by atoms with Gasteiger partial charge in [0.1, 0.15) is 0 Å². The van der Waals surface area contributed by atoms with E-state index in [2.05, 4.69) is 15.4 Å². The van der Waals surface area contributed by atoms with Crippen LogP contribution in [0, 0.1) is 5.92 Å². The molecule has 1 amide bonds. The van der Waals surface area contributed by atoms with Crippen LogP contribution in [0.2, 0.25) is 0 Å². The summed E-state index contributed by atoms with van der Waals surface area (Å²) in [5.74, 6) is 0.514. The van der Waals surface area contributed by atoms with E-state index in [1.165, 1.54) is 17.0 Å². The fraction of sp³-hybridized carbons (Fsp3) is 0.500. The number of hydrogen-bond donors (Lipinski definition) is 1. The van der Waals surface area contributed by atoms with Crippen molar-refractivity contribution in [1.29, 1.82) is 0 Å². The highest BCUT2D eigenvalue weighted by atomic mass is 32.1. The first-order valence-corrected chi connectivity index (χ1v) is 7.80. The third kappa shape index (κ3) is 2.04. The quantitative estimate of drug-likeness (QED) is 0.941. The molecule has 0 radical (unpaired) electrons. The predicted molar refractivity (Wildman–Crippen MR) is 76.8 cm³/mol. The highest BCUT2D eigenvalue weighted by Crippen LogP contribution is 2.48. The Balaban J connectivity index is 1.41. The van der Waals surface area contributed by atoms with Crippen LogP contribution in [0.5, 0.6) is 0 Å². The highest BCUT2D eigenvalue weighted by Gasteiger charge is 2.44. The first kappa shape index (κ1) is 12.1. The topological polar surface area (TPSA) is 59.8 Å². The molecule has 0 saturated heterocycles. The van der Waals surface area contributed by atoms with Crippen molar-refractivity contribution in [3.05, 3.63) is 28.5 Å². The lowest BCUT2D eigenvalue weighted by atomic mass is 10.2. The molecule has 2 aliphatic rings. The Labute approximate surface area is 121 Å². The molecule has 2 aromatic rings. The zero-order valence-corrected chi connectivity index (χ0v) is 12.1. The molecule has 5 nitrogen and oxygen atoms in total. The first-order chi connectivity index (χ1) is 9.70. The van der Waals surface area contributed by atoms with Gasteiger partial charge in [-0.3, -0.25) is 9.48 Å². The number of fused-ring (bicyclic) bond motifs is 1. The van der Waals surface area contributed by atoms with Gasteiger partial charge in [0.2, 0.25) is 5.91 Å². The molecule has 1 fully saturated rings. The van der Waals surface area contributed by atoms with Gasteiger partial charge in [-0.15, -0.1) is 11.3 Å². The monoisotopic (exact) mass is 288 g/mol. The summed E-state index contributed by atoms with van der Waals surface area (Å²) in [4.78, 5) is 18.1. The molecular formula is C14H16N4OS. The van der Waals surface area contributed by atoms with Gasteiger partial charge in [0.05, 0.1) is 11.9 Å². The molecule has 0 aromatic carbocycles. The van der Waals surface area contributed by atoms with E-state index in [1.807, 2.05) is 19.4 Å². The van der Waals surface area contributed by atoms with Crippen molar-refractivity contribution in [2.45, 2.75) is 31.6 Å². The lowest BCUT2D eigenvalue weighted by molar-refractivity contribution is -0.117. The number of amides is 1. The second-order valence-electron chi connectivity index (χ2n) is 5.63. The number of carbonyl (C=O) groups is 1. The fourth-order valence-electron chi connectivity index (χ4n) is 2.93. The standard InChI is InChI=1S/C14H16N4OS/c1-18-7-8(6-15-18)9-5-10(9)13(19)17-14-16-11-3-2-4-12(11)20-14/h6-7,9-10H,2-5H2,1H3,(H,16,17,19). The maximum Gasteiger partial charge on any atom is 0.229 e. The third-order valence-electron chi connectivity index (χ3n) is 4.11. The van der Waals surface area contributed by atoms with Crippen LogP contribution in [0.15, 0.2) is 12.4 Å². The highest BCUT2D eigenvalue weighted by molar-refractivity contribution is 7.15. The minimum atomic E-state index is 0.0814. The molecule has 6 heteroatoms. The molecule has 0 spiro atoms. The summed E-state index contributed by atoms with van der Waals surface area (Å²) in [6, 6.07) is 0. The molecule has 4 rings (SSSR count). The van der Waals surface area contributed by atoms with E-state index in [-0.39, 0.29) is 11.8 Å².